The average molecular weight is 266 g/mol. The molecule has 6 nitrogen and oxygen atoms in total. The number of benzene rings is 1. The summed E-state index contributed by atoms with van der Waals surface area (Å²) in [5.74, 6) is -2.22. The molecule has 0 spiro atoms. The van der Waals surface area contributed by atoms with Crippen molar-refractivity contribution in [1.82, 2.24) is 5.32 Å². The normalized spacial score (nSPS) is 13.6. The van der Waals surface area contributed by atoms with Gasteiger partial charge in [0.2, 0.25) is 5.91 Å². The van der Waals surface area contributed by atoms with Gasteiger partial charge in [0.15, 0.2) is 0 Å². The molecule has 1 unspecified atom stereocenters. The molecule has 0 heterocycles. The standard InChI is InChI=1S/C13H18N2O4/c14-8-10(9-4-2-1-3-5-9)12(17)15-11(6-7-16)13(18)19/h1-5,10-11,16H,6-8,14H2,(H,15,17)(H,18,19)/t10?,11-/m1/s1. The van der Waals surface area contributed by atoms with Crippen LogP contribution in [-0.4, -0.2) is 41.3 Å². The molecule has 0 bridgehead atoms. The summed E-state index contributed by atoms with van der Waals surface area (Å²) in [6.45, 7) is -0.225. The molecule has 0 saturated heterocycles. The van der Waals surface area contributed by atoms with Crippen LogP contribution in [0.25, 0.3) is 0 Å². The van der Waals surface area contributed by atoms with Crippen molar-refractivity contribution in [3.63, 3.8) is 0 Å². The third-order valence-electron chi connectivity index (χ3n) is 2.79. The first kappa shape index (κ1) is 15.1. The second kappa shape index (κ2) is 7.50. The zero-order valence-corrected chi connectivity index (χ0v) is 10.5. The molecule has 0 saturated carbocycles. The molecule has 5 N–H and O–H groups in total. The molecule has 1 amide bonds. The molecule has 2 atom stereocenters. The Morgan fingerprint density at radius 1 is 1.26 bits per heavy atom. The molecule has 0 aliphatic carbocycles. The monoisotopic (exact) mass is 266 g/mol. The summed E-state index contributed by atoms with van der Waals surface area (Å²) in [6, 6.07) is 7.82. The topological polar surface area (TPSA) is 113 Å². The lowest BCUT2D eigenvalue weighted by Crippen LogP contribution is -2.44. The van der Waals surface area contributed by atoms with Crippen molar-refractivity contribution in [2.75, 3.05) is 13.2 Å². The smallest absolute Gasteiger partial charge is 0.326 e. The molecule has 1 rings (SSSR count). The van der Waals surface area contributed by atoms with Gasteiger partial charge in [0.25, 0.3) is 0 Å². The van der Waals surface area contributed by atoms with Gasteiger partial charge in [-0.25, -0.2) is 4.79 Å². The van der Waals surface area contributed by atoms with Gasteiger partial charge in [-0.2, -0.15) is 0 Å². The highest BCUT2D eigenvalue weighted by atomic mass is 16.4. The second-order valence-electron chi connectivity index (χ2n) is 4.11. The SMILES string of the molecule is NCC(C(=O)N[C@H](CCO)C(=O)O)c1ccccc1. The van der Waals surface area contributed by atoms with Crippen molar-refractivity contribution in [3.8, 4) is 0 Å². The second-order valence-corrected chi connectivity index (χ2v) is 4.11. The van der Waals surface area contributed by atoms with Crippen molar-refractivity contribution in [2.24, 2.45) is 5.73 Å². The van der Waals surface area contributed by atoms with Crippen LogP contribution < -0.4 is 11.1 Å². The number of rotatable bonds is 7. The summed E-state index contributed by atoms with van der Waals surface area (Å²) >= 11 is 0. The number of aliphatic hydroxyl groups is 1. The number of hydrogen-bond acceptors (Lipinski definition) is 4. The largest absolute Gasteiger partial charge is 0.480 e. The summed E-state index contributed by atoms with van der Waals surface area (Å²) in [5.41, 5.74) is 6.31. The predicted octanol–water partition coefficient (Wildman–Crippen LogP) is -0.319. The Balaban J connectivity index is 2.76. The zero-order chi connectivity index (χ0) is 14.3. The van der Waals surface area contributed by atoms with E-state index < -0.39 is 23.8 Å². The quantitative estimate of drug-likeness (QED) is 0.540. The third kappa shape index (κ3) is 4.35. The summed E-state index contributed by atoms with van der Waals surface area (Å²) in [7, 11) is 0. The van der Waals surface area contributed by atoms with Gasteiger partial charge >= 0.3 is 5.97 Å². The van der Waals surface area contributed by atoms with Gasteiger partial charge < -0.3 is 21.3 Å². The molecule has 1 aromatic rings. The van der Waals surface area contributed by atoms with E-state index in [1.807, 2.05) is 6.07 Å². The van der Waals surface area contributed by atoms with Crippen molar-refractivity contribution >= 4 is 11.9 Å². The van der Waals surface area contributed by atoms with Gasteiger partial charge in [-0.15, -0.1) is 0 Å². The van der Waals surface area contributed by atoms with Crippen LogP contribution >= 0.6 is 0 Å². The van der Waals surface area contributed by atoms with E-state index in [0.29, 0.717) is 0 Å². The molecule has 0 aliphatic heterocycles. The number of carboxylic acid groups (broad SMARTS) is 1. The molecule has 6 heteroatoms. The first-order valence-electron chi connectivity index (χ1n) is 5.99. The fourth-order valence-electron chi connectivity index (χ4n) is 1.74. The van der Waals surface area contributed by atoms with Crippen molar-refractivity contribution < 1.29 is 19.8 Å². The van der Waals surface area contributed by atoms with Crippen LogP contribution in [0.15, 0.2) is 30.3 Å². The van der Waals surface area contributed by atoms with Gasteiger partial charge in [0, 0.05) is 19.6 Å². The summed E-state index contributed by atoms with van der Waals surface area (Å²) in [6.07, 6.45) is -0.0346. The van der Waals surface area contributed by atoms with E-state index in [0.717, 1.165) is 5.56 Å². The van der Waals surface area contributed by atoms with Crippen LogP contribution in [0.1, 0.15) is 17.9 Å². The van der Waals surface area contributed by atoms with Gasteiger partial charge in [-0.1, -0.05) is 30.3 Å². The Kier molecular flexibility index (Phi) is 5.98. The van der Waals surface area contributed by atoms with E-state index in [-0.39, 0.29) is 19.6 Å². The van der Waals surface area contributed by atoms with Crippen molar-refractivity contribution in [3.05, 3.63) is 35.9 Å². The first-order valence-corrected chi connectivity index (χ1v) is 5.99. The molecular weight excluding hydrogens is 248 g/mol. The molecule has 0 fully saturated rings. The van der Waals surface area contributed by atoms with Crippen LogP contribution in [0.2, 0.25) is 0 Å². The number of nitrogens with two attached hydrogens (primary N) is 1. The maximum atomic E-state index is 12.0. The maximum absolute atomic E-state index is 12.0. The number of carboxylic acids is 1. The van der Waals surface area contributed by atoms with Gasteiger partial charge in [0.1, 0.15) is 6.04 Å². The number of aliphatic hydroxyl groups excluding tert-OH is 1. The Morgan fingerprint density at radius 2 is 1.89 bits per heavy atom. The molecule has 0 aliphatic rings. The Labute approximate surface area is 111 Å². The summed E-state index contributed by atoms with van der Waals surface area (Å²) in [4.78, 5) is 22.9. The fourth-order valence-corrected chi connectivity index (χ4v) is 1.74. The lowest BCUT2D eigenvalue weighted by Gasteiger charge is -2.19. The summed E-state index contributed by atoms with van der Waals surface area (Å²) < 4.78 is 0. The van der Waals surface area contributed by atoms with Crippen LogP contribution in [0.5, 0.6) is 0 Å². The molecule has 1 aromatic carbocycles. The van der Waals surface area contributed by atoms with E-state index >= 15 is 0 Å². The highest BCUT2D eigenvalue weighted by molar-refractivity contribution is 5.88. The van der Waals surface area contributed by atoms with E-state index in [1.54, 1.807) is 24.3 Å². The number of carbonyl (C=O) groups is 2. The van der Waals surface area contributed by atoms with E-state index in [4.69, 9.17) is 15.9 Å². The van der Waals surface area contributed by atoms with Gasteiger partial charge in [-0.3, -0.25) is 4.79 Å². The van der Waals surface area contributed by atoms with Crippen molar-refractivity contribution in [2.45, 2.75) is 18.4 Å². The Hall–Kier alpha value is -1.92. The van der Waals surface area contributed by atoms with Crippen LogP contribution in [-0.2, 0) is 9.59 Å². The first-order chi connectivity index (χ1) is 9.10. The lowest BCUT2D eigenvalue weighted by atomic mass is 9.98. The van der Waals surface area contributed by atoms with Gasteiger partial charge in [-0.05, 0) is 5.56 Å². The molecular formula is C13H18N2O4. The molecule has 19 heavy (non-hydrogen) atoms. The average Bonchev–Trinajstić information content (AvgIpc) is 2.40. The zero-order valence-electron chi connectivity index (χ0n) is 10.5. The molecule has 0 radical (unpaired) electrons. The number of aliphatic carboxylic acids is 1. The number of nitrogens with one attached hydrogen (secondary N) is 1. The number of amides is 1. The fraction of sp³-hybridized carbons (Fsp3) is 0.385. The maximum Gasteiger partial charge on any atom is 0.326 e. The highest BCUT2D eigenvalue weighted by Gasteiger charge is 2.25. The number of carbonyl (C=O) groups excluding carboxylic acids is 1. The minimum absolute atomic E-state index is 0.0346. The van der Waals surface area contributed by atoms with E-state index in [2.05, 4.69) is 5.32 Å². The minimum Gasteiger partial charge on any atom is -0.480 e. The molecule has 0 aromatic heterocycles. The Morgan fingerprint density at radius 3 is 2.37 bits per heavy atom. The van der Waals surface area contributed by atoms with Gasteiger partial charge in [0.05, 0.1) is 5.92 Å². The van der Waals surface area contributed by atoms with Crippen LogP contribution in [0, 0.1) is 0 Å². The lowest BCUT2D eigenvalue weighted by molar-refractivity contribution is -0.142. The summed E-state index contributed by atoms with van der Waals surface area (Å²) in [5, 5.41) is 20.1. The van der Waals surface area contributed by atoms with E-state index in [9.17, 15) is 9.59 Å². The number of hydrogen-bond donors (Lipinski definition) is 4. The van der Waals surface area contributed by atoms with Crippen LogP contribution in [0.4, 0.5) is 0 Å². The molecule has 104 valence electrons. The van der Waals surface area contributed by atoms with Crippen LogP contribution in [0.3, 0.4) is 0 Å². The third-order valence-corrected chi connectivity index (χ3v) is 2.79. The van der Waals surface area contributed by atoms with Crippen molar-refractivity contribution in [1.29, 1.82) is 0 Å². The highest BCUT2D eigenvalue weighted by Crippen LogP contribution is 2.14. The van der Waals surface area contributed by atoms with E-state index in [1.165, 1.54) is 0 Å². The predicted molar refractivity (Wildman–Crippen MR) is 69.5 cm³/mol. The minimum atomic E-state index is -1.17. The Bertz CT molecular complexity index is 422.